The second-order valence-electron chi connectivity index (χ2n) is 6.54. The van der Waals surface area contributed by atoms with Crippen LogP contribution in [0, 0.1) is 6.92 Å². The summed E-state index contributed by atoms with van der Waals surface area (Å²) in [6.45, 7) is 4.97. The summed E-state index contributed by atoms with van der Waals surface area (Å²) in [5.41, 5.74) is 2.29. The summed E-state index contributed by atoms with van der Waals surface area (Å²) in [6.07, 6.45) is 3.49. The van der Waals surface area contributed by atoms with Crippen LogP contribution in [0.4, 0.5) is 5.95 Å². The summed E-state index contributed by atoms with van der Waals surface area (Å²) in [6, 6.07) is 5.77. The molecule has 7 nitrogen and oxygen atoms in total. The molecule has 3 rings (SSSR count). The van der Waals surface area contributed by atoms with Crippen molar-refractivity contribution in [2.75, 3.05) is 51.1 Å². The lowest BCUT2D eigenvalue weighted by atomic mass is 10.1. The SMILES string of the molecule is COc1cc(C)c(CSCC(=O)N2CCN(c3ncccn3)CC2)cc1OC. The van der Waals surface area contributed by atoms with Gasteiger partial charge < -0.3 is 19.3 Å². The van der Waals surface area contributed by atoms with Gasteiger partial charge in [0.25, 0.3) is 0 Å². The largest absolute Gasteiger partial charge is 0.493 e. The van der Waals surface area contributed by atoms with Gasteiger partial charge in [0, 0.05) is 44.3 Å². The molecular weight excluding hydrogens is 376 g/mol. The fourth-order valence-electron chi connectivity index (χ4n) is 3.13. The Bertz CT molecular complexity index is 796. The maximum absolute atomic E-state index is 12.6. The van der Waals surface area contributed by atoms with Gasteiger partial charge in [-0.05, 0) is 36.2 Å². The van der Waals surface area contributed by atoms with Crippen LogP contribution in [-0.4, -0.2) is 66.9 Å². The fraction of sp³-hybridized carbons (Fsp3) is 0.450. The van der Waals surface area contributed by atoms with Gasteiger partial charge in [0.05, 0.1) is 20.0 Å². The molecule has 0 unspecified atom stereocenters. The van der Waals surface area contributed by atoms with E-state index in [1.54, 1.807) is 44.4 Å². The number of carbonyl (C=O) groups is 1. The number of aryl methyl sites for hydroxylation is 1. The number of amides is 1. The molecule has 8 heteroatoms. The Balaban J connectivity index is 1.48. The van der Waals surface area contributed by atoms with Gasteiger partial charge in [0.15, 0.2) is 11.5 Å². The van der Waals surface area contributed by atoms with Gasteiger partial charge in [-0.15, -0.1) is 11.8 Å². The van der Waals surface area contributed by atoms with Gasteiger partial charge in [-0.3, -0.25) is 4.79 Å². The van der Waals surface area contributed by atoms with Crippen molar-refractivity contribution in [3.8, 4) is 11.5 Å². The van der Waals surface area contributed by atoms with E-state index >= 15 is 0 Å². The summed E-state index contributed by atoms with van der Waals surface area (Å²) in [5, 5.41) is 0. The van der Waals surface area contributed by atoms with Gasteiger partial charge in [-0.2, -0.15) is 0 Å². The molecule has 0 spiro atoms. The molecule has 1 aliphatic heterocycles. The van der Waals surface area contributed by atoms with Crippen LogP contribution >= 0.6 is 11.8 Å². The van der Waals surface area contributed by atoms with Gasteiger partial charge in [0.2, 0.25) is 11.9 Å². The molecule has 150 valence electrons. The van der Waals surface area contributed by atoms with Crippen molar-refractivity contribution in [3.05, 3.63) is 41.7 Å². The summed E-state index contributed by atoms with van der Waals surface area (Å²) in [5.74, 6) is 3.58. The summed E-state index contributed by atoms with van der Waals surface area (Å²) < 4.78 is 10.7. The van der Waals surface area contributed by atoms with Crippen LogP contribution in [0.1, 0.15) is 11.1 Å². The van der Waals surface area contributed by atoms with Gasteiger partial charge in [-0.1, -0.05) is 0 Å². The van der Waals surface area contributed by atoms with Crippen LogP contribution in [0.5, 0.6) is 11.5 Å². The van der Waals surface area contributed by atoms with Crippen molar-refractivity contribution in [3.63, 3.8) is 0 Å². The lowest BCUT2D eigenvalue weighted by Crippen LogP contribution is -2.49. The molecule has 1 aromatic heterocycles. The second kappa shape index (κ2) is 9.64. The molecule has 28 heavy (non-hydrogen) atoms. The smallest absolute Gasteiger partial charge is 0.232 e. The zero-order chi connectivity index (χ0) is 19.9. The van der Waals surface area contributed by atoms with Crippen LogP contribution in [0.15, 0.2) is 30.6 Å². The molecule has 1 amide bonds. The zero-order valence-electron chi connectivity index (χ0n) is 16.6. The highest BCUT2D eigenvalue weighted by molar-refractivity contribution is 7.99. The quantitative estimate of drug-likeness (QED) is 0.704. The summed E-state index contributed by atoms with van der Waals surface area (Å²) >= 11 is 1.63. The van der Waals surface area contributed by atoms with E-state index in [0.717, 1.165) is 41.7 Å². The molecule has 0 bridgehead atoms. The van der Waals surface area contributed by atoms with E-state index in [-0.39, 0.29) is 5.91 Å². The summed E-state index contributed by atoms with van der Waals surface area (Å²) in [7, 11) is 3.27. The van der Waals surface area contributed by atoms with E-state index in [0.29, 0.717) is 24.6 Å². The molecule has 2 heterocycles. The maximum Gasteiger partial charge on any atom is 0.232 e. The van der Waals surface area contributed by atoms with Gasteiger partial charge in [-0.25, -0.2) is 9.97 Å². The number of nitrogens with zero attached hydrogens (tertiary/aromatic N) is 4. The number of ether oxygens (including phenoxy) is 2. The Hall–Kier alpha value is -2.48. The topological polar surface area (TPSA) is 67.8 Å². The van der Waals surface area contributed by atoms with Crippen molar-refractivity contribution >= 4 is 23.6 Å². The van der Waals surface area contributed by atoms with Crippen LogP contribution in [0.25, 0.3) is 0 Å². The molecule has 0 saturated carbocycles. The van der Waals surface area contributed by atoms with E-state index in [2.05, 4.69) is 14.9 Å². The number of aromatic nitrogens is 2. The number of rotatable bonds is 7. The number of thioether (sulfide) groups is 1. The third-order valence-electron chi connectivity index (χ3n) is 4.79. The molecule has 2 aromatic rings. The number of piperazine rings is 1. The van der Waals surface area contributed by atoms with Crippen molar-refractivity contribution in [1.82, 2.24) is 14.9 Å². The molecular formula is C20H26N4O3S. The van der Waals surface area contributed by atoms with Crippen molar-refractivity contribution in [1.29, 1.82) is 0 Å². The molecule has 0 atom stereocenters. The highest BCUT2D eigenvalue weighted by Gasteiger charge is 2.22. The maximum atomic E-state index is 12.6. The minimum Gasteiger partial charge on any atom is -0.493 e. The zero-order valence-corrected chi connectivity index (χ0v) is 17.4. The first-order valence-electron chi connectivity index (χ1n) is 9.21. The number of hydrogen-bond donors (Lipinski definition) is 0. The number of methoxy groups -OCH3 is 2. The lowest BCUT2D eigenvalue weighted by molar-refractivity contribution is -0.128. The molecule has 0 aliphatic carbocycles. The second-order valence-corrected chi connectivity index (χ2v) is 7.53. The predicted molar refractivity (Wildman–Crippen MR) is 111 cm³/mol. The van der Waals surface area contributed by atoms with Crippen LogP contribution < -0.4 is 14.4 Å². The average Bonchev–Trinajstić information content (AvgIpc) is 2.75. The number of anilines is 1. The van der Waals surface area contributed by atoms with E-state index in [1.165, 1.54) is 0 Å². The third kappa shape index (κ3) is 4.86. The first-order chi connectivity index (χ1) is 13.6. The van der Waals surface area contributed by atoms with Crippen LogP contribution in [-0.2, 0) is 10.5 Å². The lowest BCUT2D eigenvalue weighted by Gasteiger charge is -2.34. The number of hydrogen-bond acceptors (Lipinski definition) is 7. The van der Waals surface area contributed by atoms with Crippen LogP contribution in [0.3, 0.4) is 0 Å². The van der Waals surface area contributed by atoms with Gasteiger partial charge >= 0.3 is 0 Å². The minimum absolute atomic E-state index is 0.178. The molecule has 1 saturated heterocycles. The first-order valence-corrected chi connectivity index (χ1v) is 10.4. The molecule has 0 radical (unpaired) electrons. The van der Waals surface area contributed by atoms with E-state index in [4.69, 9.17) is 9.47 Å². The Morgan fingerprint density at radius 2 is 1.71 bits per heavy atom. The first kappa shape index (κ1) is 20.3. The Morgan fingerprint density at radius 1 is 1.07 bits per heavy atom. The Labute approximate surface area is 170 Å². The Kier molecular flexibility index (Phi) is 6.97. The van der Waals surface area contributed by atoms with Crippen LogP contribution in [0.2, 0.25) is 0 Å². The van der Waals surface area contributed by atoms with Crippen molar-refractivity contribution in [2.45, 2.75) is 12.7 Å². The highest BCUT2D eigenvalue weighted by atomic mass is 32.2. The molecule has 1 aliphatic rings. The van der Waals surface area contributed by atoms with Gasteiger partial charge in [0.1, 0.15) is 0 Å². The van der Waals surface area contributed by atoms with E-state index in [1.807, 2.05) is 24.0 Å². The third-order valence-corrected chi connectivity index (χ3v) is 5.76. The van der Waals surface area contributed by atoms with E-state index in [9.17, 15) is 4.79 Å². The minimum atomic E-state index is 0.178. The number of benzene rings is 1. The average molecular weight is 403 g/mol. The summed E-state index contributed by atoms with van der Waals surface area (Å²) in [4.78, 5) is 25.1. The fourth-order valence-corrected chi connectivity index (χ4v) is 4.12. The molecule has 0 N–H and O–H groups in total. The highest BCUT2D eigenvalue weighted by Crippen LogP contribution is 2.31. The van der Waals surface area contributed by atoms with Crippen molar-refractivity contribution in [2.24, 2.45) is 0 Å². The Morgan fingerprint density at radius 3 is 2.36 bits per heavy atom. The molecule has 1 aromatic carbocycles. The van der Waals surface area contributed by atoms with E-state index < -0.39 is 0 Å². The monoisotopic (exact) mass is 402 g/mol. The van der Waals surface area contributed by atoms with Crippen molar-refractivity contribution < 1.29 is 14.3 Å². The predicted octanol–water partition coefficient (Wildman–Crippen LogP) is 2.38. The molecule has 1 fully saturated rings. The normalized spacial score (nSPS) is 14.1. The standard InChI is InChI=1S/C20H26N4O3S/c1-15-11-17(26-2)18(27-3)12-16(15)13-28-14-19(25)23-7-9-24(10-8-23)20-21-5-4-6-22-20/h4-6,11-12H,7-10,13-14H2,1-3H3. The number of carbonyl (C=O) groups excluding carboxylic acids is 1.